The van der Waals surface area contributed by atoms with Gasteiger partial charge in [0, 0.05) is 54.7 Å². The molecule has 8 atom stereocenters. The lowest BCUT2D eigenvalue weighted by Gasteiger charge is -2.60. The Bertz CT molecular complexity index is 1250. The molecule has 6 bridgehead atoms. The number of rotatable bonds is 4. The van der Waals surface area contributed by atoms with Crippen molar-refractivity contribution in [1.82, 2.24) is 9.80 Å². The van der Waals surface area contributed by atoms with Crippen molar-refractivity contribution in [1.29, 1.82) is 0 Å². The number of fused-ring (bicyclic) bond motifs is 1. The third-order valence-corrected chi connectivity index (χ3v) is 11.9. The predicted octanol–water partition coefficient (Wildman–Crippen LogP) is 4.11. The average Bonchev–Trinajstić information content (AvgIpc) is 3.46. The van der Waals surface area contributed by atoms with Crippen molar-refractivity contribution in [3.8, 4) is 11.5 Å². The summed E-state index contributed by atoms with van der Waals surface area (Å²) in [6.45, 7) is 3.20. The summed E-state index contributed by atoms with van der Waals surface area (Å²) < 4.78 is 13.2. The number of piperidine rings is 1. The number of phenols is 1. The van der Waals surface area contributed by atoms with Crippen LogP contribution in [-0.2, 0) is 23.1 Å². The van der Waals surface area contributed by atoms with Gasteiger partial charge in [-0.1, -0.05) is 42.8 Å². The molecule has 0 amide bonds. The fourth-order valence-electron chi connectivity index (χ4n) is 10.9. The highest BCUT2D eigenvalue weighted by atomic mass is 16.5. The second-order valence-corrected chi connectivity index (χ2v) is 12.8. The quantitative estimate of drug-likeness (QED) is 0.708. The number of nitrogens with zero attached hydrogens (tertiary/aromatic N) is 2. The third kappa shape index (κ3) is 2.16. The summed E-state index contributed by atoms with van der Waals surface area (Å²) in [5.74, 6) is 2.71. The van der Waals surface area contributed by atoms with Crippen molar-refractivity contribution in [3.63, 3.8) is 0 Å². The van der Waals surface area contributed by atoms with Crippen LogP contribution < -0.4 is 4.74 Å². The first kappa shape index (κ1) is 20.9. The van der Waals surface area contributed by atoms with E-state index in [0.29, 0.717) is 41.3 Å². The molecule has 3 saturated carbocycles. The van der Waals surface area contributed by atoms with Crippen molar-refractivity contribution in [2.75, 3.05) is 20.2 Å². The Morgan fingerprint density at radius 1 is 1.08 bits per heavy atom. The first-order chi connectivity index (χ1) is 17.7. The molecule has 5 nitrogen and oxygen atoms in total. The summed E-state index contributed by atoms with van der Waals surface area (Å²) in [5, 5.41) is 11.8. The van der Waals surface area contributed by atoms with Crippen LogP contribution in [0.3, 0.4) is 0 Å². The highest BCUT2D eigenvalue weighted by molar-refractivity contribution is 5.62. The van der Waals surface area contributed by atoms with Crippen molar-refractivity contribution in [3.05, 3.63) is 59.2 Å². The molecule has 2 aromatic carbocycles. The lowest BCUT2D eigenvalue weighted by Crippen LogP contribution is -2.69. The highest BCUT2D eigenvalue weighted by Crippen LogP contribution is 2.78. The first-order valence-corrected chi connectivity index (χ1v) is 14.3. The van der Waals surface area contributed by atoms with Crippen LogP contribution in [0.15, 0.2) is 42.5 Å². The number of hydrogen-bond donors (Lipinski definition) is 1. The number of phenolic OH excluding ortho intramolecular Hbond substituents is 1. The number of methoxy groups -OCH3 is 1. The monoisotopic (exact) mass is 484 g/mol. The van der Waals surface area contributed by atoms with Gasteiger partial charge in [-0.2, -0.15) is 0 Å². The molecule has 6 fully saturated rings. The van der Waals surface area contributed by atoms with Gasteiger partial charge in [0.25, 0.3) is 0 Å². The maximum Gasteiger partial charge on any atom is 0.161 e. The van der Waals surface area contributed by atoms with E-state index < -0.39 is 0 Å². The molecule has 0 aromatic heterocycles. The van der Waals surface area contributed by atoms with Gasteiger partial charge in [-0.15, -0.1) is 0 Å². The maximum absolute atomic E-state index is 11.8. The van der Waals surface area contributed by atoms with E-state index >= 15 is 0 Å². The summed E-state index contributed by atoms with van der Waals surface area (Å²) in [7, 11) is 1.69. The molecule has 5 heteroatoms. The number of ether oxygens (including phenoxy) is 2. The van der Waals surface area contributed by atoms with E-state index in [4.69, 9.17) is 9.47 Å². The summed E-state index contributed by atoms with van der Waals surface area (Å²) in [5.41, 5.74) is 3.73. The Morgan fingerprint density at radius 3 is 2.72 bits per heavy atom. The molecule has 1 N–H and O–H groups in total. The largest absolute Gasteiger partial charge is 0.504 e. The van der Waals surface area contributed by atoms with Gasteiger partial charge in [-0.3, -0.25) is 9.80 Å². The molecule has 9 rings (SSSR count). The summed E-state index contributed by atoms with van der Waals surface area (Å²) >= 11 is 0. The topological polar surface area (TPSA) is 45.2 Å². The number of likely N-dealkylation sites (tertiary alicyclic amines) is 2. The van der Waals surface area contributed by atoms with Crippen LogP contribution in [-0.4, -0.2) is 64.9 Å². The lowest BCUT2D eigenvalue weighted by molar-refractivity contribution is -0.152. The molecule has 4 aliphatic carbocycles. The Morgan fingerprint density at radius 2 is 1.94 bits per heavy atom. The van der Waals surface area contributed by atoms with Crippen molar-refractivity contribution in [2.45, 2.75) is 80.3 Å². The zero-order valence-corrected chi connectivity index (χ0v) is 21.1. The smallest absolute Gasteiger partial charge is 0.161 e. The Labute approximate surface area is 213 Å². The van der Waals surface area contributed by atoms with Crippen LogP contribution in [0.5, 0.6) is 11.5 Å². The molecule has 36 heavy (non-hydrogen) atoms. The lowest BCUT2D eigenvalue weighted by atomic mass is 9.49. The van der Waals surface area contributed by atoms with Crippen LogP contribution in [0, 0.1) is 17.8 Å². The van der Waals surface area contributed by atoms with Gasteiger partial charge in [0.2, 0.25) is 0 Å². The normalized spacial score (nSPS) is 43.9. The molecule has 7 unspecified atom stereocenters. The van der Waals surface area contributed by atoms with Gasteiger partial charge < -0.3 is 14.6 Å². The van der Waals surface area contributed by atoms with E-state index in [2.05, 4.69) is 46.2 Å². The number of benzene rings is 2. The van der Waals surface area contributed by atoms with Gasteiger partial charge in [0.05, 0.1) is 18.8 Å². The SMILES string of the molecule is COc1ccc2c(c1O)C13C4CN(C5CCC5)C(C4C2)C12CCC1C3[C@@H](CN1Cc1ccccc1)O2. The van der Waals surface area contributed by atoms with Crippen molar-refractivity contribution in [2.24, 2.45) is 17.8 Å². The molecule has 1 spiro atoms. The van der Waals surface area contributed by atoms with E-state index in [-0.39, 0.29) is 17.1 Å². The van der Waals surface area contributed by atoms with Crippen molar-refractivity contribution >= 4 is 0 Å². The van der Waals surface area contributed by atoms with E-state index in [1.54, 1.807) is 7.11 Å². The second-order valence-electron chi connectivity index (χ2n) is 12.8. The zero-order chi connectivity index (χ0) is 23.8. The number of hydrogen-bond acceptors (Lipinski definition) is 5. The number of aromatic hydroxyl groups is 1. The van der Waals surface area contributed by atoms with Gasteiger partial charge in [-0.05, 0) is 61.1 Å². The fourth-order valence-corrected chi connectivity index (χ4v) is 10.9. The van der Waals surface area contributed by atoms with Gasteiger partial charge in [-0.25, -0.2) is 0 Å². The van der Waals surface area contributed by atoms with Crippen LogP contribution in [0.25, 0.3) is 0 Å². The van der Waals surface area contributed by atoms with E-state index in [0.717, 1.165) is 32.0 Å². The maximum atomic E-state index is 11.8. The molecule has 2 aromatic rings. The highest BCUT2D eigenvalue weighted by Gasteiger charge is 2.86. The second kappa shape index (κ2) is 6.86. The first-order valence-electron chi connectivity index (χ1n) is 14.3. The minimum atomic E-state index is -0.157. The predicted molar refractivity (Wildman–Crippen MR) is 136 cm³/mol. The van der Waals surface area contributed by atoms with Crippen LogP contribution in [0.1, 0.15) is 48.8 Å². The van der Waals surface area contributed by atoms with Crippen LogP contribution in [0.4, 0.5) is 0 Å². The van der Waals surface area contributed by atoms with E-state index in [1.807, 2.05) is 6.07 Å². The molecule has 188 valence electrons. The van der Waals surface area contributed by atoms with Gasteiger partial charge in [0.15, 0.2) is 11.5 Å². The standard InChI is InChI=1S/C31H36N2O3/c1-35-24-11-10-19-14-21-22-16-33(20-8-5-9-20)29(21)30-13-12-23-27(31(22,30)26(19)28(24)34)25(36-30)17-32(23)15-18-6-3-2-4-7-18/h2-4,6-7,10-11,20-23,25,27,29,34H,5,8-9,12-17H2,1H3/t21?,22?,23?,25-,27?,29?,30?,31?/m1/s1. The van der Waals surface area contributed by atoms with Gasteiger partial charge in [0.1, 0.15) is 0 Å². The fraction of sp³-hybridized carbons (Fsp3) is 0.613. The van der Waals surface area contributed by atoms with E-state index in [1.165, 1.54) is 48.9 Å². The molecular formula is C31H36N2O3. The van der Waals surface area contributed by atoms with E-state index in [9.17, 15) is 5.11 Å². The average molecular weight is 485 g/mol. The van der Waals surface area contributed by atoms with Crippen LogP contribution >= 0.6 is 0 Å². The summed E-state index contributed by atoms with van der Waals surface area (Å²) in [6, 6.07) is 17.0. The summed E-state index contributed by atoms with van der Waals surface area (Å²) in [6.07, 6.45) is 7.74. The zero-order valence-electron chi connectivity index (χ0n) is 21.1. The third-order valence-electron chi connectivity index (χ3n) is 11.9. The summed E-state index contributed by atoms with van der Waals surface area (Å²) in [4.78, 5) is 5.62. The Kier molecular flexibility index (Phi) is 3.99. The minimum absolute atomic E-state index is 0.0895. The Hall–Kier alpha value is -2.08. The molecule has 3 aliphatic heterocycles. The minimum Gasteiger partial charge on any atom is -0.504 e. The van der Waals surface area contributed by atoms with Gasteiger partial charge >= 0.3 is 0 Å². The molecule has 3 heterocycles. The van der Waals surface area contributed by atoms with Crippen LogP contribution in [0.2, 0.25) is 0 Å². The van der Waals surface area contributed by atoms with Crippen molar-refractivity contribution < 1.29 is 14.6 Å². The Balaban J connectivity index is 1.22. The molecular weight excluding hydrogens is 448 g/mol. The molecule has 3 saturated heterocycles. The molecule has 7 aliphatic rings. The molecule has 0 radical (unpaired) electrons.